The van der Waals surface area contributed by atoms with Crippen molar-refractivity contribution in [3.8, 4) is 0 Å². The fraction of sp³-hybridized carbons (Fsp3) is 0.273. The lowest BCUT2D eigenvalue weighted by atomic mass is 10.1. The van der Waals surface area contributed by atoms with Crippen LogP contribution < -0.4 is 5.32 Å². The molecule has 0 amide bonds. The maximum atomic E-state index is 12.4. The number of benzene rings is 1. The average Bonchev–Trinajstić information content (AvgIpc) is 2.19. The Morgan fingerprint density at radius 1 is 1.38 bits per heavy atom. The summed E-state index contributed by atoms with van der Waals surface area (Å²) in [6.45, 7) is 2.14. The van der Waals surface area contributed by atoms with Crippen molar-refractivity contribution in [2.75, 3.05) is 11.9 Å². The molecule has 0 fully saturated rings. The van der Waals surface area contributed by atoms with E-state index >= 15 is 0 Å². The zero-order valence-electron chi connectivity index (χ0n) is 8.61. The van der Waals surface area contributed by atoms with E-state index in [1.807, 2.05) is 0 Å². The maximum Gasteiger partial charge on any atom is 0.416 e. The molecule has 1 aromatic rings. The number of hydrogen-bond donors (Lipinski definition) is 1. The predicted molar refractivity (Wildman–Crippen MR) is 59.7 cm³/mol. The highest BCUT2D eigenvalue weighted by atomic mass is 35.5. The Kier molecular flexibility index (Phi) is 4.24. The maximum absolute atomic E-state index is 12.4. The molecule has 0 aliphatic carbocycles. The molecule has 1 N–H and O–H groups in total. The summed E-state index contributed by atoms with van der Waals surface area (Å²) in [5, 5.41) is 2.86. The topological polar surface area (TPSA) is 12.0 Å². The van der Waals surface area contributed by atoms with E-state index in [1.54, 1.807) is 13.0 Å². The number of halogens is 4. The van der Waals surface area contributed by atoms with Crippen molar-refractivity contribution in [1.82, 2.24) is 0 Å². The number of alkyl halides is 3. The van der Waals surface area contributed by atoms with Gasteiger partial charge in [0.05, 0.1) is 5.56 Å². The molecule has 0 atom stereocenters. The normalized spacial score (nSPS) is 12.1. The van der Waals surface area contributed by atoms with Gasteiger partial charge in [0.2, 0.25) is 0 Å². The van der Waals surface area contributed by atoms with Crippen LogP contribution in [0.5, 0.6) is 0 Å². The molecule has 5 heteroatoms. The van der Waals surface area contributed by atoms with Gasteiger partial charge < -0.3 is 5.32 Å². The monoisotopic (exact) mass is 249 g/mol. The highest BCUT2D eigenvalue weighted by molar-refractivity contribution is 6.25. The molecule has 0 unspecified atom stereocenters. The quantitative estimate of drug-likeness (QED) is 0.847. The SMILES string of the molecule is Cc1ccc(C(F)(F)F)cc1NC/C=C/Cl. The minimum absolute atomic E-state index is 0.394. The van der Waals surface area contributed by atoms with Gasteiger partial charge in [-0.1, -0.05) is 23.7 Å². The van der Waals surface area contributed by atoms with Crippen LogP contribution in [0.25, 0.3) is 0 Å². The molecule has 0 heterocycles. The van der Waals surface area contributed by atoms with Crippen LogP contribution >= 0.6 is 11.6 Å². The van der Waals surface area contributed by atoms with E-state index in [1.165, 1.54) is 11.6 Å². The second-order valence-electron chi connectivity index (χ2n) is 3.27. The summed E-state index contributed by atoms with van der Waals surface area (Å²) >= 11 is 5.31. The van der Waals surface area contributed by atoms with Gasteiger partial charge >= 0.3 is 6.18 Å². The van der Waals surface area contributed by atoms with Crippen molar-refractivity contribution in [3.63, 3.8) is 0 Å². The average molecular weight is 250 g/mol. The van der Waals surface area contributed by atoms with Gasteiger partial charge in [0.1, 0.15) is 0 Å². The summed E-state index contributed by atoms with van der Waals surface area (Å²) in [5.74, 6) is 0. The third-order valence-electron chi connectivity index (χ3n) is 2.06. The highest BCUT2D eigenvalue weighted by Crippen LogP contribution is 2.31. The molecule has 0 spiro atoms. The lowest BCUT2D eigenvalue weighted by Gasteiger charge is -2.12. The minimum atomic E-state index is -4.31. The van der Waals surface area contributed by atoms with Crippen LogP contribution in [0, 0.1) is 6.92 Å². The van der Waals surface area contributed by atoms with Gasteiger partial charge in [0, 0.05) is 17.8 Å². The summed E-state index contributed by atoms with van der Waals surface area (Å²) < 4.78 is 37.3. The molecule has 0 saturated heterocycles. The van der Waals surface area contributed by atoms with Gasteiger partial charge in [-0.3, -0.25) is 0 Å². The van der Waals surface area contributed by atoms with E-state index in [0.717, 1.165) is 17.7 Å². The number of rotatable bonds is 3. The Bertz CT molecular complexity index is 385. The van der Waals surface area contributed by atoms with Gasteiger partial charge in [-0.05, 0) is 24.6 Å². The van der Waals surface area contributed by atoms with Crippen LogP contribution in [0.3, 0.4) is 0 Å². The third kappa shape index (κ3) is 3.45. The fourth-order valence-electron chi connectivity index (χ4n) is 1.20. The van der Waals surface area contributed by atoms with Gasteiger partial charge in [-0.2, -0.15) is 13.2 Å². The largest absolute Gasteiger partial charge is 0.416 e. The first-order valence-electron chi connectivity index (χ1n) is 4.62. The summed E-state index contributed by atoms with van der Waals surface area (Å²) in [7, 11) is 0. The van der Waals surface area contributed by atoms with E-state index < -0.39 is 11.7 Å². The van der Waals surface area contributed by atoms with E-state index in [4.69, 9.17) is 11.6 Å². The molecule has 0 aliphatic rings. The van der Waals surface area contributed by atoms with E-state index in [2.05, 4.69) is 5.32 Å². The Labute approximate surface area is 96.9 Å². The van der Waals surface area contributed by atoms with Crippen LogP contribution in [0.1, 0.15) is 11.1 Å². The van der Waals surface area contributed by atoms with Crippen molar-refractivity contribution in [3.05, 3.63) is 40.9 Å². The van der Waals surface area contributed by atoms with Crippen LogP contribution in [-0.4, -0.2) is 6.54 Å². The summed E-state index contributed by atoms with van der Waals surface area (Å²) in [6, 6.07) is 3.60. The first kappa shape index (κ1) is 12.9. The van der Waals surface area contributed by atoms with Gasteiger partial charge in [-0.25, -0.2) is 0 Å². The molecule has 0 bridgehead atoms. The molecule has 1 rings (SSSR count). The van der Waals surface area contributed by atoms with Crippen LogP contribution in [-0.2, 0) is 6.18 Å². The standard InChI is InChI=1S/C11H11ClF3N/c1-8-3-4-9(11(13,14)15)7-10(8)16-6-2-5-12/h2-5,7,16H,6H2,1H3/b5-2+. The second-order valence-corrected chi connectivity index (χ2v) is 3.52. The second kappa shape index (κ2) is 5.25. The Morgan fingerprint density at radius 3 is 2.62 bits per heavy atom. The summed E-state index contributed by atoms with van der Waals surface area (Å²) in [5.41, 5.74) is 1.88. The molecule has 0 aromatic heterocycles. The van der Waals surface area contributed by atoms with Crippen LogP contribution in [0.4, 0.5) is 18.9 Å². The molecule has 1 nitrogen and oxygen atoms in total. The zero-order chi connectivity index (χ0) is 12.2. The molecular weight excluding hydrogens is 239 g/mol. The van der Waals surface area contributed by atoms with E-state index in [-0.39, 0.29) is 0 Å². The summed E-state index contributed by atoms with van der Waals surface area (Å²) in [4.78, 5) is 0. The van der Waals surface area contributed by atoms with E-state index in [9.17, 15) is 13.2 Å². The Hall–Kier alpha value is -1.16. The molecule has 0 radical (unpaired) electrons. The lowest BCUT2D eigenvalue weighted by Crippen LogP contribution is -2.07. The molecule has 16 heavy (non-hydrogen) atoms. The van der Waals surface area contributed by atoms with Crippen LogP contribution in [0.2, 0.25) is 0 Å². The fourth-order valence-corrected chi connectivity index (χ4v) is 1.29. The molecule has 1 aromatic carbocycles. The smallest absolute Gasteiger partial charge is 0.381 e. The number of nitrogens with one attached hydrogen (secondary N) is 1. The number of anilines is 1. The minimum Gasteiger partial charge on any atom is -0.381 e. The van der Waals surface area contributed by atoms with Gasteiger partial charge in [0.15, 0.2) is 0 Å². The van der Waals surface area contributed by atoms with Crippen molar-refractivity contribution >= 4 is 17.3 Å². The van der Waals surface area contributed by atoms with Gasteiger partial charge in [0.25, 0.3) is 0 Å². The summed E-state index contributed by atoms with van der Waals surface area (Å²) in [6.07, 6.45) is -2.70. The third-order valence-corrected chi connectivity index (χ3v) is 2.24. The molecule has 88 valence electrons. The van der Waals surface area contributed by atoms with Crippen molar-refractivity contribution in [1.29, 1.82) is 0 Å². The zero-order valence-corrected chi connectivity index (χ0v) is 9.36. The van der Waals surface area contributed by atoms with Crippen molar-refractivity contribution in [2.24, 2.45) is 0 Å². The van der Waals surface area contributed by atoms with Crippen molar-refractivity contribution in [2.45, 2.75) is 13.1 Å². The van der Waals surface area contributed by atoms with Crippen molar-refractivity contribution < 1.29 is 13.2 Å². The highest BCUT2D eigenvalue weighted by Gasteiger charge is 2.30. The predicted octanol–water partition coefficient (Wildman–Crippen LogP) is 4.18. The van der Waals surface area contributed by atoms with E-state index in [0.29, 0.717) is 12.2 Å². The van der Waals surface area contributed by atoms with Gasteiger partial charge in [-0.15, -0.1) is 0 Å². The first-order chi connectivity index (χ1) is 7.45. The Balaban J connectivity index is 2.91. The first-order valence-corrected chi connectivity index (χ1v) is 5.05. The molecule has 0 aliphatic heterocycles. The Morgan fingerprint density at radius 2 is 2.06 bits per heavy atom. The molecule has 0 saturated carbocycles. The lowest BCUT2D eigenvalue weighted by molar-refractivity contribution is -0.137. The molecular formula is C11H11ClF3N. The number of aryl methyl sites for hydroxylation is 1. The number of hydrogen-bond acceptors (Lipinski definition) is 1. The van der Waals surface area contributed by atoms with Crippen LogP contribution in [0.15, 0.2) is 29.8 Å².